The average Bonchev–Trinajstić information content (AvgIpc) is 2.93. The number of anilines is 1. The van der Waals surface area contributed by atoms with E-state index >= 15 is 0 Å². The third-order valence-electron chi connectivity index (χ3n) is 6.11. The standard InChI is InChI=1S/C21H24N2O3/c1-3-16(19(24)22-15-10-4-12(2)5-11-15)23-20(25)17-13-6-7-14(9-8-13)18(17)21(23)26/h4-7,10-11,13-14,16-18H,3,8-9H2,1-2H3,(H,22,24)/t13-,14-,16-,17-,18+/m0/s1. The molecule has 1 heterocycles. The first-order chi connectivity index (χ1) is 12.5. The molecule has 5 rings (SSSR count). The highest BCUT2D eigenvalue weighted by molar-refractivity contribution is 6.10. The molecule has 136 valence electrons. The predicted molar refractivity (Wildman–Crippen MR) is 98.1 cm³/mol. The Kier molecular flexibility index (Phi) is 4.17. The monoisotopic (exact) mass is 352 g/mol. The molecule has 1 aromatic rings. The number of carbonyl (C=O) groups excluding carboxylic acids is 3. The van der Waals surface area contributed by atoms with Gasteiger partial charge in [-0.25, -0.2) is 0 Å². The van der Waals surface area contributed by atoms with E-state index in [0.717, 1.165) is 18.4 Å². The van der Waals surface area contributed by atoms with Crippen molar-refractivity contribution in [1.29, 1.82) is 0 Å². The van der Waals surface area contributed by atoms with Gasteiger partial charge in [0.2, 0.25) is 17.7 Å². The van der Waals surface area contributed by atoms with Crippen LogP contribution in [-0.2, 0) is 14.4 Å². The van der Waals surface area contributed by atoms with Crippen molar-refractivity contribution in [2.45, 2.75) is 39.2 Å². The zero-order chi connectivity index (χ0) is 18.4. The molecule has 2 fully saturated rings. The fourth-order valence-electron chi connectivity index (χ4n) is 4.75. The molecule has 5 atom stereocenters. The maximum atomic E-state index is 13.0. The van der Waals surface area contributed by atoms with Crippen LogP contribution in [0.1, 0.15) is 31.7 Å². The summed E-state index contributed by atoms with van der Waals surface area (Å²) in [5, 5.41) is 2.86. The second-order valence-corrected chi connectivity index (χ2v) is 7.67. The summed E-state index contributed by atoms with van der Waals surface area (Å²) >= 11 is 0. The van der Waals surface area contributed by atoms with Crippen LogP contribution in [0.15, 0.2) is 36.4 Å². The summed E-state index contributed by atoms with van der Waals surface area (Å²) in [5.41, 5.74) is 1.78. The molecule has 0 spiro atoms. The Morgan fingerprint density at radius 1 is 1.08 bits per heavy atom. The largest absolute Gasteiger partial charge is 0.324 e. The minimum Gasteiger partial charge on any atom is -0.324 e. The molecule has 1 N–H and O–H groups in total. The van der Waals surface area contributed by atoms with Crippen LogP contribution >= 0.6 is 0 Å². The van der Waals surface area contributed by atoms with Crippen LogP contribution in [-0.4, -0.2) is 28.7 Å². The molecule has 1 aliphatic heterocycles. The van der Waals surface area contributed by atoms with Crippen LogP contribution < -0.4 is 5.32 Å². The second kappa shape index (κ2) is 6.38. The van der Waals surface area contributed by atoms with E-state index in [9.17, 15) is 14.4 Å². The Balaban J connectivity index is 1.56. The molecule has 1 aromatic carbocycles. The van der Waals surface area contributed by atoms with Crippen molar-refractivity contribution in [1.82, 2.24) is 4.90 Å². The van der Waals surface area contributed by atoms with Gasteiger partial charge in [-0.3, -0.25) is 19.3 Å². The van der Waals surface area contributed by atoms with Gasteiger partial charge >= 0.3 is 0 Å². The van der Waals surface area contributed by atoms with Gasteiger partial charge < -0.3 is 5.32 Å². The molecule has 3 amide bonds. The Hall–Kier alpha value is -2.43. The molecular weight excluding hydrogens is 328 g/mol. The van der Waals surface area contributed by atoms with E-state index in [1.165, 1.54) is 4.90 Å². The van der Waals surface area contributed by atoms with E-state index in [-0.39, 0.29) is 41.4 Å². The van der Waals surface area contributed by atoms with Crippen molar-refractivity contribution in [3.8, 4) is 0 Å². The molecule has 5 heteroatoms. The first-order valence-electron chi connectivity index (χ1n) is 9.44. The molecule has 0 aromatic heterocycles. The Morgan fingerprint density at radius 3 is 2.08 bits per heavy atom. The van der Waals surface area contributed by atoms with Crippen molar-refractivity contribution in [2.75, 3.05) is 5.32 Å². The number of aryl methyl sites for hydroxylation is 1. The van der Waals surface area contributed by atoms with Crippen molar-refractivity contribution in [2.24, 2.45) is 23.7 Å². The number of likely N-dealkylation sites (tertiary alicyclic amines) is 1. The molecule has 26 heavy (non-hydrogen) atoms. The van der Waals surface area contributed by atoms with Gasteiger partial charge in [-0.15, -0.1) is 0 Å². The first kappa shape index (κ1) is 17.0. The average molecular weight is 352 g/mol. The summed E-state index contributed by atoms with van der Waals surface area (Å²) in [6.07, 6.45) is 6.52. The zero-order valence-corrected chi connectivity index (χ0v) is 15.1. The van der Waals surface area contributed by atoms with Crippen LogP contribution in [0.5, 0.6) is 0 Å². The molecule has 4 aliphatic rings. The fraction of sp³-hybridized carbons (Fsp3) is 0.476. The van der Waals surface area contributed by atoms with Gasteiger partial charge in [0.15, 0.2) is 0 Å². The normalized spacial score (nSPS) is 30.5. The number of allylic oxidation sites excluding steroid dienone is 2. The lowest BCUT2D eigenvalue weighted by Gasteiger charge is -2.38. The van der Waals surface area contributed by atoms with Crippen LogP contribution in [0.3, 0.4) is 0 Å². The maximum Gasteiger partial charge on any atom is 0.247 e. The SMILES string of the molecule is CC[C@@H](C(=O)Nc1ccc(C)cc1)N1C(=O)[C@@H]2[C@H](C1=O)[C@H]1C=C[C@H]2CC1. The Labute approximate surface area is 153 Å². The highest BCUT2D eigenvalue weighted by Crippen LogP contribution is 2.50. The molecule has 3 aliphatic carbocycles. The van der Waals surface area contributed by atoms with Crippen molar-refractivity contribution >= 4 is 23.4 Å². The fourth-order valence-corrected chi connectivity index (χ4v) is 4.75. The van der Waals surface area contributed by atoms with Gasteiger partial charge in [-0.05, 0) is 50.2 Å². The minimum absolute atomic E-state index is 0.143. The first-order valence-corrected chi connectivity index (χ1v) is 9.44. The number of nitrogens with one attached hydrogen (secondary N) is 1. The summed E-state index contributed by atoms with van der Waals surface area (Å²) in [6.45, 7) is 3.82. The van der Waals surface area contributed by atoms with E-state index in [1.54, 1.807) is 0 Å². The van der Waals surface area contributed by atoms with Gasteiger partial charge in [-0.1, -0.05) is 36.8 Å². The van der Waals surface area contributed by atoms with Crippen LogP contribution in [0.25, 0.3) is 0 Å². The summed E-state index contributed by atoms with van der Waals surface area (Å²) in [4.78, 5) is 40.1. The van der Waals surface area contributed by atoms with E-state index < -0.39 is 6.04 Å². The van der Waals surface area contributed by atoms with Gasteiger partial charge in [0, 0.05) is 5.69 Å². The predicted octanol–water partition coefficient (Wildman–Crippen LogP) is 2.91. The lowest BCUT2D eigenvalue weighted by Crippen LogP contribution is -2.47. The van der Waals surface area contributed by atoms with Crippen LogP contribution in [0, 0.1) is 30.6 Å². The second-order valence-electron chi connectivity index (χ2n) is 7.67. The number of carbonyl (C=O) groups is 3. The quantitative estimate of drug-likeness (QED) is 0.669. The molecule has 0 radical (unpaired) electrons. The summed E-state index contributed by atoms with van der Waals surface area (Å²) < 4.78 is 0. The number of benzene rings is 1. The molecule has 1 saturated carbocycles. The molecular formula is C21H24N2O3. The Morgan fingerprint density at radius 2 is 1.62 bits per heavy atom. The summed E-state index contributed by atoms with van der Waals surface area (Å²) in [7, 11) is 0. The topological polar surface area (TPSA) is 66.5 Å². The van der Waals surface area contributed by atoms with Gasteiger partial charge in [-0.2, -0.15) is 0 Å². The van der Waals surface area contributed by atoms with E-state index in [1.807, 2.05) is 38.1 Å². The highest BCUT2D eigenvalue weighted by Gasteiger charge is 2.58. The molecule has 5 nitrogen and oxygen atoms in total. The van der Waals surface area contributed by atoms with E-state index in [2.05, 4.69) is 17.5 Å². The number of fused-ring (bicyclic) bond motifs is 1. The lowest BCUT2D eigenvalue weighted by atomic mass is 9.63. The zero-order valence-electron chi connectivity index (χ0n) is 15.1. The lowest BCUT2D eigenvalue weighted by molar-refractivity contribution is -0.146. The minimum atomic E-state index is -0.749. The number of nitrogens with zero attached hydrogens (tertiary/aromatic N) is 1. The molecule has 0 unspecified atom stereocenters. The van der Waals surface area contributed by atoms with Gasteiger partial charge in [0.25, 0.3) is 0 Å². The summed E-state index contributed by atoms with van der Waals surface area (Å²) in [6, 6.07) is 6.75. The number of amides is 3. The number of hydrogen-bond acceptors (Lipinski definition) is 3. The maximum absolute atomic E-state index is 13.0. The third kappa shape index (κ3) is 2.57. The Bertz CT molecular complexity index is 751. The number of hydrogen-bond donors (Lipinski definition) is 1. The number of rotatable bonds is 4. The number of imide groups is 1. The van der Waals surface area contributed by atoms with Gasteiger partial charge in [0.05, 0.1) is 11.8 Å². The van der Waals surface area contributed by atoms with E-state index in [4.69, 9.17) is 0 Å². The van der Waals surface area contributed by atoms with Crippen molar-refractivity contribution in [3.05, 3.63) is 42.0 Å². The summed E-state index contributed by atoms with van der Waals surface area (Å²) in [5.74, 6) is -0.875. The van der Waals surface area contributed by atoms with Crippen LogP contribution in [0.2, 0.25) is 0 Å². The molecule has 1 saturated heterocycles. The van der Waals surface area contributed by atoms with E-state index in [0.29, 0.717) is 12.1 Å². The van der Waals surface area contributed by atoms with Crippen molar-refractivity contribution < 1.29 is 14.4 Å². The third-order valence-corrected chi connectivity index (χ3v) is 6.11. The molecule has 2 bridgehead atoms. The smallest absolute Gasteiger partial charge is 0.247 e. The van der Waals surface area contributed by atoms with Crippen molar-refractivity contribution in [3.63, 3.8) is 0 Å². The van der Waals surface area contributed by atoms with Gasteiger partial charge in [0.1, 0.15) is 6.04 Å². The highest BCUT2D eigenvalue weighted by atomic mass is 16.2. The van der Waals surface area contributed by atoms with Crippen LogP contribution in [0.4, 0.5) is 5.69 Å².